The van der Waals surface area contributed by atoms with Crippen molar-refractivity contribution in [1.82, 2.24) is 0 Å². The molecule has 0 unspecified atom stereocenters. The van der Waals surface area contributed by atoms with E-state index in [0.717, 1.165) is 0 Å². The van der Waals surface area contributed by atoms with Crippen molar-refractivity contribution < 1.29 is 4.79 Å². The third-order valence-electron chi connectivity index (χ3n) is 1.06. The number of nitriles is 1. The van der Waals surface area contributed by atoms with Crippen molar-refractivity contribution in [2.24, 2.45) is 11.8 Å². The summed E-state index contributed by atoms with van der Waals surface area (Å²) in [5.41, 5.74) is 0. The van der Waals surface area contributed by atoms with Crippen molar-refractivity contribution in [3.8, 4) is 6.07 Å². The van der Waals surface area contributed by atoms with Gasteiger partial charge in [0.05, 0.1) is 6.07 Å². The fraction of sp³-hybridized carbons (Fsp3) is 0.714. The molecule has 0 aromatic rings. The molecule has 0 aliphatic carbocycles. The van der Waals surface area contributed by atoms with Gasteiger partial charge in [-0.2, -0.15) is 5.26 Å². The van der Waals surface area contributed by atoms with E-state index in [9.17, 15) is 4.79 Å². The first-order valence-electron chi connectivity index (χ1n) is 3.05. The number of carbonyl (C=O) groups excluding carboxylic acids is 1. The van der Waals surface area contributed by atoms with Crippen LogP contribution in [0.5, 0.6) is 0 Å². The molecular weight excluding hydrogens is 114 g/mol. The Morgan fingerprint density at radius 1 is 1.67 bits per heavy atom. The summed E-state index contributed by atoms with van der Waals surface area (Å²) in [5, 5.41) is 8.29. The van der Waals surface area contributed by atoms with Crippen molar-refractivity contribution in [3.05, 3.63) is 0 Å². The van der Waals surface area contributed by atoms with Gasteiger partial charge in [0, 0.05) is 0 Å². The molecule has 0 heterocycles. The second-order valence-corrected chi connectivity index (χ2v) is 2.50. The molecule has 0 bridgehead atoms. The average molecular weight is 125 g/mol. The highest BCUT2D eigenvalue weighted by atomic mass is 16.1. The van der Waals surface area contributed by atoms with Gasteiger partial charge in [0.25, 0.3) is 0 Å². The summed E-state index contributed by atoms with van der Waals surface area (Å²) >= 11 is 0. The zero-order valence-corrected chi connectivity index (χ0v) is 5.79. The molecule has 0 spiro atoms. The van der Waals surface area contributed by atoms with E-state index in [2.05, 4.69) is 0 Å². The lowest BCUT2D eigenvalue weighted by molar-refractivity contribution is -0.110. The molecule has 2 nitrogen and oxygen atoms in total. The topological polar surface area (TPSA) is 40.9 Å². The Labute approximate surface area is 55.5 Å². The van der Waals surface area contributed by atoms with Gasteiger partial charge in [0.15, 0.2) is 0 Å². The van der Waals surface area contributed by atoms with Crippen molar-refractivity contribution in [2.45, 2.75) is 20.3 Å². The van der Waals surface area contributed by atoms with Crippen LogP contribution >= 0.6 is 0 Å². The van der Waals surface area contributed by atoms with Crippen LogP contribution in [0.25, 0.3) is 0 Å². The molecule has 2 heteroatoms. The van der Waals surface area contributed by atoms with Crippen LogP contribution in [0.15, 0.2) is 0 Å². The maximum Gasteiger partial charge on any atom is 0.137 e. The highest BCUT2D eigenvalue weighted by Crippen LogP contribution is 2.07. The van der Waals surface area contributed by atoms with Crippen LogP contribution in [0.3, 0.4) is 0 Å². The Balaban J connectivity index is 3.59. The molecular formula is C7H11NO. The maximum atomic E-state index is 10.0. The van der Waals surface area contributed by atoms with E-state index >= 15 is 0 Å². The fourth-order valence-electron chi connectivity index (χ4n) is 0.647. The molecule has 0 N–H and O–H groups in total. The lowest BCUT2D eigenvalue weighted by atomic mass is 10.0. The van der Waals surface area contributed by atoms with Crippen molar-refractivity contribution in [3.63, 3.8) is 0 Å². The third kappa shape index (κ3) is 3.72. The van der Waals surface area contributed by atoms with Gasteiger partial charge in [-0.15, -0.1) is 0 Å². The molecule has 0 radical (unpaired) electrons. The summed E-state index contributed by atoms with van der Waals surface area (Å²) in [6.07, 6.45) is 1.39. The number of carbonyl (C=O) groups is 1. The Morgan fingerprint density at radius 2 is 2.22 bits per heavy atom. The molecule has 0 rings (SSSR count). The summed E-state index contributed by atoms with van der Waals surface area (Å²) in [6.45, 7) is 3.99. The highest BCUT2D eigenvalue weighted by Gasteiger charge is 2.06. The van der Waals surface area contributed by atoms with Crippen LogP contribution in [0.2, 0.25) is 0 Å². The van der Waals surface area contributed by atoms with Crippen molar-refractivity contribution >= 4 is 6.29 Å². The Bertz CT molecular complexity index is 123. The molecule has 50 valence electrons. The van der Waals surface area contributed by atoms with E-state index in [1.807, 2.05) is 19.9 Å². The first-order chi connectivity index (χ1) is 4.20. The molecule has 0 aliphatic rings. The van der Waals surface area contributed by atoms with Crippen LogP contribution in [0, 0.1) is 23.2 Å². The zero-order valence-electron chi connectivity index (χ0n) is 5.79. The molecule has 0 aromatic heterocycles. The van der Waals surface area contributed by atoms with Gasteiger partial charge in [-0.1, -0.05) is 13.8 Å². The summed E-state index contributed by atoms with van der Waals surface area (Å²) in [7, 11) is 0. The number of rotatable bonds is 3. The monoisotopic (exact) mass is 125 g/mol. The van der Waals surface area contributed by atoms with Crippen LogP contribution in [-0.2, 0) is 4.79 Å². The fourth-order valence-corrected chi connectivity index (χ4v) is 0.647. The van der Waals surface area contributed by atoms with E-state index in [4.69, 9.17) is 5.26 Å². The number of aldehydes is 1. The zero-order chi connectivity index (χ0) is 7.28. The summed E-state index contributed by atoms with van der Waals surface area (Å²) in [4.78, 5) is 10.0. The van der Waals surface area contributed by atoms with Gasteiger partial charge < -0.3 is 4.79 Å². The van der Waals surface area contributed by atoms with E-state index in [0.29, 0.717) is 18.6 Å². The average Bonchev–Trinajstić information content (AvgIpc) is 1.82. The van der Waals surface area contributed by atoms with Crippen LogP contribution in [-0.4, -0.2) is 6.29 Å². The number of hydrogen-bond acceptors (Lipinski definition) is 2. The molecule has 9 heavy (non-hydrogen) atoms. The van der Waals surface area contributed by atoms with Crippen molar-refractivity contribution in [2.75, 3.05) is 0 Å². The standard InChI is InChI=1S/C7H11NO/c1-6(2)3-7(4-8)5-9/h5-7H,3H2,1-2H3/t7-/m0/s1. The van der Waals surface area contributed by atoms with Gasteiger partial charge in [-0.25, -0.2) is 0 Å². The minimum atomic E-state index is -0.398. The first kappa shape index (κ1) is 8.16. The molecule has 0 saturated carbocycles. The predicted octanol–water partition coefficient (Wildman–Crippen LogP) is 1.37. The lowest BCUT2D eigenvalue weighted by Crippen LogP contribution is -2.02. The summed E-state index contributed by atoms with van der Waals surface area (Å²) in [6, 6.07) is 1.92. The second kappa shape index (κ2) is 4.08. The molecule has 0 saturated heterocycles. The SMILES string of the molecule is CC(C)C[C@@H](C#N)C=O. The summed E-state index contributed by atoms with van der Waals surface area (Å²) < 4.78 is 0. The lowest BCUT2D eigenvalue weighted by Gasteiger charge is -2.02. The van der Waals surface area contributed by atoms with Gasteiger partial charge in [0.2, 0.25) is 0 Å². The van der Waals surface area contributed by atoms with Gasteiger partial charge in [-0.3, -0.25) is 0 Å². The quantitative estimate of drug-likeness (QED) is 0.534. The number of hydrogen-bond donors (Lipinski definition) is 0. The van der Waals surface area contributed by atoms with Crippen molar-refractivity contribution in [1.29, 1.82) is 5.26 Å². The third-order valence-corrected chi connectivity index (χ3v) is 1.06. The molecule has 0 aliphatic heterocycles. The van der Waals surface area contributed by atoms with E-state index in [1.54, 1.807) is 0 Å². The van der Waals surface area contributed by atoms with Gasteiger partial charge in [0.1, 0.15) is 12.2 Å². The maximum absolute atomic E-state index is 10.0. The smallest absolute Gasteiger partial charge is 0.137 e. The molecule has 0 aromatic carbocycles. The Kier molecular flexibility index (Phi) is 3.70. The van der Waals surface area contributed by atoms with E-state index in [-0.39, 0.29) is 0 Å². The molecule has 0 amide bonds. The predicted molar refractivity (Wildman–Crippen MR) is 34.6 cm³/mol. The minimum absolute atomic E-state index is 0.398. The Morgan fingerprint density at radius 3 is 2.33 bits per heavy atom. The van der Waals surface area contributed by atoms with Gasteiger partial charge >= 0.3 is 0 Å². The summed E-state index contributed by atoms with van der Waals surface area (Å²) in [5.74, 6) is 0.0323. The Hall–Kier alpha value is -0.840. The van der Waals surface area contributed by atoms with Crippen LogP contribution < -0.4 is 0 Å². The largest absolute Gasteiger partial charge is 0.302 e. The van der Waals surface area contributed by atoms with E-state index in [1.165, 1.54) is 0 Å². The highest BCUT2D eigenvalue weighted by molar-refractivity contribution is 5.57. The minimum Gasteiger partial charge on any atom is -0.302 e. The molecule has 1 atom stereocenters. The first-order valence-corrected chi connectivity index (χ1v) is 3.05. The number of nitrogens with zero attached hydrogens (tertiary/aromatic N) is 1. The van der Waals surface area contributed by atoms with Crippen LogP contribution in [0.4, 0.5) is 0 Å². The second-order valence-electron chi connectivity index (χ2n) is 2.50. The normalized spacial score (nSPS) is 12.7. The van der Waals surface area contributed by atoms with Gasteiger partial charge in [-0.05, 0) is 12.3 Å². The molecule has 0 fully saturated rings. The van der Waals surface area contributed by atoms with E-state index < -0.39 is 5.92 Å². The van der Waals surface area contributed by atoms with Crippen LogP contribution in [0.1, 0.15) is 20.3 Å².